The van der Waals surface area contributed by atoms with Crippen molar-refractivity contribution < 1.29 is 9.59 Å². The third-order valence-electron chi connectivity index (χ3n) is 7.39. The van der Waals surface area contributed by atoms with Gasteiger partial charge in [-0.3, -0.25) is 9.59 Å². The van der Waals surface area contributed by atoms with Crippen LogP contribution in [-0.2, 0) is 9.59 Å². The van der Waals surface area contributed by atoms with Crippen molar-refractivity contribution in [2.75, 3.05) is 26.2 Å². The molecule has 140 valence electrons. The Kier molecular flexibility index (Phi) is 4.78. The van der Waals surface area contributed by atoms with Gasteiger partial charge in [-0.2, -0.15) is 0 Å². The molecule has 2 N–H and O–H groups in total. The van der Waals surface area contributed by atoms with Crippen LogP contribution in [-0.4, -0.2) is 53.8 Å². The number of nitrogens with two attached hydrogens (primary N) is 1. The van der Waals surface area contributed by atoms with E-state index in [-0.39, 0.29) is 23.8 Å². The Morgan fingerprint density at radius 3 is 2.24 bits per heavy atom. The number of hydrogen-bond acceptors (Lipinski definition) is 3. The van der Waals surface area contributed by atoms with Gasteiger partial charge in [-0.1, -0.05) is 6.92 Å². The molecule has 0 aromatic heterocycles. The lowest BCUT2D eigenvalue weighted by molar-refractivity contribution is -0.144. The number of carbonyl (C=O) groups is 2. The fraction of sp³-hybridized carbons (Fsp3) is 0.900. The highest BCUT2D eigenvalue weighted by atomic mass is 16.2. The van der Waals surface area contributed by atoms with Crippen molar-refractivity contribution in [2.24, 2.45) is 35.3 Å². The van der Waals surface area contributed by atoms with Crippen molar-refractivity contribution in [1.29, 1.82) is 0 Å². The molecular weight excluding hydrogens is 314 g/mol. The van der Waals surface area contributed by atoms with Crippen LogP contribution >= 0.6 is 0 Å². The van der Waals surface area contributed by atoms with Gasteiger partial charge < -0.3 is 15.5 Å². The molecule has 0 aromatic rings. The monoisotopic (exact) mass is 347 g/mol. The number of carbonyl (C=O) groups excluding carboxylic acids is 2. The minimum Gasteiger partial charge on any atom is -0.342 e. The first-order chi connectivity index (χ1) is 12.0. The summed E-state index contributed by atoms with van der Waals surface area (Å²) in [5.74, 6) is 2.48. The Bertz CT molecular complexity index is 527. The molecule has 4 aliphatic rings. The second-order valence-electron chi connectivity index (χ2n) is 9.07. The van der Waals surface area contributed by atoms with Gasteiger partial charge in [0.05, 0.1) is 5.92 Å². The summed E-state index contributed by atoms with van der Waals surface area (Å²) in [6, 6.07) is 0.0699. The molecule has 4 fully saturated rings. The summed E-state index contributed by atoms with van der Waals surface area (Å²) in [5, 5.41) is 0. The quantitative estimate of drug-likeness (QED) is 0.829. The van der Waals surface area contributed by atoms with Crippen LogP contribution in [0.25, 0.3) is 0 Å². The molecule has 5 heteroatoms. The maximum atomic E-state index is 13.0. The predicted molar refractivity (Wildman–Crippen MR) is 96.6 cm³/mol. The molecular formula is C20H33N3O2. The summed E-state index contributed by atoms with van der Waals surface area (Å²) < 4.78 is 0. The fourth-order valence-electron chi connectivity index (χ4n) is 5.91. The molecule has 2 saturated carbocycles. The van der Waals surface area contributed by atoms with Crippen LogP contribution in [0, 0.1) is 29.6 Å². The minimum atomic E-state index is 0.0499. The maximum Gasteiger partial charge on any atom is 0.227 e. The first-order valence-electron chi connectivity index (χ1n) is 10.4. The molecule has 2 amide bonds. The van der Waals surface area contributed by atoms with E-state index in [9.17, 15) is 9.59 Å². The van der Waals surface area contributed by atoms with E-state index in [0.29, 0.717) is 23.7 Å². The summed E-state index contributed by atoms with van der Waals surface area (Å²) in [5.41, 5.74) is 6.35. The smallest absolute Gasteiger partial charge is 0.227 e. The third kappa shape index (κ3) is 3.20. The Morgan fingerprint density at radius 1 is 0.880 bits per heavy atom. The van der Waals surface area contributed by atoms with E-state index >= 15 is 0 Å². The van der Waals surface area contributed by atoms with E-state index in [1.54, 1.807) is 0 Å². The summed E-state index contributed by atoms with van der Waals surface area (Å²) in [4.78, 5) is 29.8. The molecule has 0 radical (unpaired) electrons. The zero-order valence-corrected chi connectivity index (χ0v) is 15.5. The molecule has 2 saturated heterocycles. The molecule has 2 bridgehead atoms. The number of likely N-dealkylation sites (tertiary alicyclic amines) is 2. The van der Waals surface area contributed by atoms with Gasteiger partial charge in [-0.05, 0) is 62.7 Å². The summed E-state index contributed by atoms with van der Waals surface area (Å²) >= 11 is 0. The second-order valence-corrected chi connectivity index (χ2v) is 9.07. The zero-order chi connectivity index (χ0) is 17.6. The largest absolute Gasteiger partial charge is 0.342 e. The molecule has 5 atom stereocenters. The van der Waals surface area contributed by atoms with Gasteiger partial charge >= 0.3 is 0 Å². The topological polar surface area (TPSA) is 66.6 Å². The predicted octanol–water partition coefficient (Wildman–Crippen LogP) is 1.86. The van der Waals surface area contributed by atoms with E-state index < -0.39 is 0 Å². The number of piperidine rings is 2. The molecule has 5 nitrogen and oxygen atoms in total. The van der Waals surface area contributed by atoms with Gasteiger partial charge in [0.15, 0.2) is 0 Å². The summed E-state index contributed by atoms with van der Waals surface area (Å²) in [7, 11) is 0. The Balaban J connectivity index is 1.31. The molecule has 5 unspecified atom stereocenters. The van der Waals surface area contributed by atoms with Crippen molar-refractivity contribution >= 4 is 11.8 Å². The molecule has 25 heavy (non-hydrogen) atoms. The number of rotatable bonds is 2. The van der Waals surface area contributed by atoms with E-state index in [4.69, 9.17) is 5.73 Å². The Morgan fingerprint density at radius 2 is 1.60 bits per heavy atom. The van der Waals surface area contributed by atoms with Crippen LogP contribution < -0.4 is 5.73 Å². The maximum absolute atomic E-state index is 13.0. The molecule has 0 spiro atoms. The lowest BCUT2D eigenvalue weighted by Gasteiger charge is -2.39. The van der Waals surface area contributed by atoms with E-state index in [1.807, 2.05) is 4.90 Å². The summed E-state index contributed by atoms with van der Waals surface area (Å²) in [6.07, 6.45) is 7.56. The lowest BCUT2D eigenvalue weighted by Crippen LogP contribution is -2.51. The molecule has 2 aliphatic heterocycles. The number of amides is 2. The van der Waals surface area contributed by atoms with Gasteiger partial charge in [0.25, 0.3) is 0 Å². The van der Waals surface area contributed by atoms with Crippen LogP contribution in [0.5, 0.6) is 0 Å². The third-order valence-corrected chi connectivity index (χ3v) is 7.39. The molecule has 4 rings (SSSR count). The Labute approximate surface area is 151 Å². The van der Waals surface area contributed by atoms with Crippen LogP contribution in [0.3, 0.4) is 0 Å². The second kappa shape index (κ2) is 6.90. The van der Waals surface area contributed by atoms with Crippen LogP contribution in [0.15, 0.2) is 0 Å². The van der Waals surface area contributed by atoms with E-state index in [1.165, 1.54) is 19.3 Å². The van der Waals surface area contributed by atoms with E-state index in [2.05, 4.69) is 11.8 Å². The van der Waals surface area contributed by atoms with Crippen molar-refractivity contribution in [1.82, 2.24) is 9.80 Å². The lowest BCUT2D eigenvalue weighted by atomic mass is 9.83. The molecule has 2 heterocycles. The highest BCUT2D eigenvalue weighted by Crippen LogP contribution is 2.48. The highest BCUT2D eigenvalue weighted by Gasteiger charge is 2.50. The van der Waals surface area contributed by atoms with Crippen LogP contribution in [0.1, 0.15) is 51.9 Å². The fourth-order valence-corrected chi connectivity index (χ4v) is 5.91. The minimum absolute atomic E-state index is 0.0499. The van der Waals surface area contributed by atoms with Crippen LogP contribution in [0.4, 0.5) is 0 Å². The van der Waals surface area contributed by atoms with Crippen molar-refractivity contribution in [2.45, 2.75) is 57.9 Å². The van der Waals surface area contributed by atoms with Gasteiger partial charge in [0.1, 0.15) is 0 Å². The number of fused-ring (bicyclic) bond motifs is 2. The first kappa shape index (κ1) is 17.3. The standard InChI is InChI=1S/C20H33N3O2/c1-13-3-2-8-23(12-13)19(24)14-6-9-22(10-7-14)20(25)17-15-4-5-16(11-15)18(17)21/h13-18H,2-12,21H2,1H3. The van der Waals surface area contributed by atoms with Gasteiger partial charge in [0, 0.05) is 38.1 Å². The average molecular weight is 348 g/mol. The van der Waals surface area contributed by atoms with Gasteiger partial charge in [-0.25, -0.2) is 0 Å². The Hall–Kier alpha value is -1.10. The normalized spacial score (nSPS) is 39.0. The van der Waals surface area contributed by atoms with Crippen LogP contribution in [0.2, 0.25) is 0 Å². The summed E-state index contributed by atoms with van der Waals surface area (Å²) in [6.45, 7) is 5.54. The van der Waals surface area contributed by atoms with Gasteiger partial charge in [0.2, 0.25) is 11.8 Å². The van der Waals surface area contributed by atoms with E-state index in [0.717, 1.165) is 51.9 Å². The zero-order valence-electron chi connectivity index (χ0n) is 15.5. The van der Waals surface area contributed by atoms with Crippen molar-refractivity contribution in [3.63, 3.8) is 0 Å². The molecule has 0 aromatic carbocycles. The highest BCUT2D eigenvalue weighted by molar-refractivity contribution is 5.82. The average Bonchev–Trinajstić information content (AvgIpc) is 3.22. The van der Waals surface area contributed by atoms with Crippen molar-refractivity contribution in [3.8, 4) is 0 Å². The SMILES string of the molecule is CC1CCCN(C(=O)C2CCN(C(=O)C3C4CCC(C4)C3N)CC2)C1. The first-order valence-corrected chi connectivity index (χ1v) is 10.4. The van der Waals surface area contributed by atoms with Crippen molar-refractivity contribution in [3.05, 3.63) is 0 Å². The van der Waals surface area contributed by atoms with Gasteiger partial charge in [-0.15, -0.1) is 0 Å². The number of nitrogens with zero attached hydrogens (tertiary/aromatic N) is 2. The number of hydrogen-bond donors (Lipinski definition) is 1. The molecule has 2 aliphatic carbocycles.